The highest BCUT2D eigenvalue weighted by molar-refractivity contribution is 6.01. The summed E-state index contributed by atoms with van der Waals surface area (Å²) in [5.41, 5.74) is 1.78. The van der Waals surface area contributed by atoms with Crippen LogP contribution in [0.5, 0.6) is 34.5 Å². The van der Waals surface area contributed by atoms with Crippen LogP contribution in [0.3, 0.4) is 0 Å². The Kier molecular flexibility index (Phi) is 8.88. The smallest absolute Gasteiger partial charge is 0.230 e. The van der Waals surface area contributed by atoms with Gasteiger partial charge in [-0.1, -0.05) is 12.1 Å². The van der Waals surface area contributed by atoms with Crippen molar-refractivity contribution in [1.82, 2.24) is 0 Å². The summed E-state index contributed by atoms with van der Waals surface area (Å²) in [6.45, 7) is 0. The summed E-state index contributed by atoms with van der Waals surface area (Å²) in [5, 5.41) is 3.00. The number of carbonyl (C=O) groups excluding carboxylic acids is 2. The molecular weight excluding hydrogens is 516 g/mol. The van der Waals surface area contributed by atoms with Crippen LogP contribution in [0.2, 0.25) is 0 Å². The molecule has 3 aromatic rings. The molecule has 212 valence electrons. The Morgan fingerprint density at radius 2 is 1.35 bits per heavy atom. The highest BCUT2D eigenvalue weighted by atomic mass is 16.5. The first-order chi connectivity index (χ1) is 19.4. The number of anilines is 2. The highest BCUT2D eigenvalue weighted by Crippen LogP contribution is 2.46. The Hall–Kier alpha value is -4.60. The fourth-order valence-electron chi connectivity index (χ4n) is 4.99. The van der Waals surface area contributed by atoms with E-state index in [1.807, 2.05) is 24.3 Å². The Morgan fingerprint density at radius 3 is 1.90 bits per heavy atom. The largest absolute Gasteiger partial charge is 0.497 e. The van der Waals surface area contributed by atoms with Crippen molar-refractivity contribution in [3.8, 4) is 34.5 Å². The quantitative estimate of drug-likeness (QED) is 0.382. The van der Waals surface area contributed by atoms with Crippen LogP contribution in [0.15, 0.2) is 54.6 Å². The average Bonchev–Trinajstić information content (AvgIpc) is 3.00. The predicted molar refractivity (Wildman–Crippen MR) is 150 cm³/mol. The third-order valence-corrected chi connectivity index (χ3v) is 6.99. The molecule has 0 saturated carbocycles. The van der Waals surface area contributed by atoms with Gasteiger partial charge >= 0.3 is 0 Å². The van der Waals surface area contributed by atoms with Gasteiger partial charge in [-0.25, -0.2) is 0 Å². The summed E-state index contributed by atoms with van der Waals surface area (Å²) >= 11 is 0. The van der Waals surface area contributed by atoms with E-state index in [0.717, 1.165) is 5.56 Å². The van der Waals surface area contributed by atoms with Crippen molar-refractivity contribution >= 4 is 23.2 Å². The monoisotopic (exact) mass is 550 g/mol. The Bertz CT molecular complexity index is 1330. The number of ether oxygens (including phenoxy) is 6. The third-order valence-electron chi connectivity index (χ3n) is 6.99. The number of piperidine rings is 1. The van der Waals surface area contributed by atoms with Gasteiger partial charge in [0, 0.05) is 24.6 Å². The number of nitrogens with one attached hydrogen (secondary N) is 1. The predicted octanol–water partition coefficient (Wildman–Crippen LogP) is 4.86. The molecule has 0 bridgehead atoms. The molecule has 1 aliphatic heterocycles. The number of nitrogens with zero attached hydrogens (tertiary/aromatic N) is 1. The Balaban J connectivity index is 1.81. The van der Waals surface area contributed by atoms with E-state index in [-0.39, 0.29) is 18.2 Å². The van der Waals surface area contributed by atoms with E-state index in [4.69, 9.17) is 28.4 Å². The molecule has 2 atom stereocenters. The van der Waals surface area contributed by atoms with Gasteiger partial charge in [0.15, 0.2) is 11.5 Å². The van der Waals surface area contributed by atoms with Crippen LogP contribution in [0, 0.1) is 5.92 Å². The van der Waals surface area contributed by atoms with Crippen LogP contribution in [0.1, 0.15) is 24.4 Å². The lowest BCUT2D eigenvalue weighted by Crippen LogP contribution is -2.47. The molecule has 10 nitrogen and oxygen atoms in total. The van der Waals surface area contributed by atoms with Crippen molar-refractivity contribution in [2.24, 2.45) is 5.92 Å². The van der Waals surface area contributed by atoms with E-state index >= 15 is 0 Å². The molecule has 0 radical (unpaired) electrons. The minimum absolute atomic E-state index is 0.138. The zero-order chi connectivity index (χ0) is 28.8. The van der Waals surface area contributed by atoms with Gasteiger partial charge in [-0.2, -0.15) is 0 Å². The lowest BCUT2D eigenvalue weighted by Gasteiger charge is -2.41. The van der Waals surface area contributed by atoms with Crippen molar-refractivity contribution in [1.29, 1.82) is 0 Å². The first kappa shape index (κ1) is 28.4. The number of hydrogen-bond donors (Lipinski definition) is 1. The highest BCUT2D eigenvalue weighted by Gasteiger charge is 2.42. The number of amides is 2. The standard InChI is InChI=1S/C30H34N2O8/c1-35-20-9-7-18(8-10-20)28-22(30(34)31-23-13-11-21(36-2)17-24(23)37-3)12-14-27(33)32(28)19-15-25(38-4)29(40-6)26(16-19)39-5/h7-11,13,15-17,22,28H,12,14H2,1-6H3,(H,31,34)/t22-,28+/m0/s1. The SMILES string of the molecule is COc1ccc([C@@H]2[C@@H](C(=O)Nc3ccc(OC)cc3OC)CCC(=O)N2c2cc(OC)c(OC)c(OC)c2)cc1. The third kappa shape index (κ3) is 5.56. The molecule has 0 unspecified atom stereocenters. The van der Waals surface area contributed by atoms with Crippen molar-refractivity contribution in [3.63, 3.8) is 0 Å². The van der Waals surface area contributed by atoms with Gasteiger partial charge in [0.05, 0.1) is 66.0 Å². The number of rotatable bonds is 10. The van der Waals surface area contributed by atoms with Crippen molar-refractivity contribution in [2.75, 3.05) is 52.9 Å². The summed E-state index contributed by atoms with van der Waals surface area (Å²) in [4.78, 5) is 29.1. The second-order valence-corrected chi connectivity index (χ2v) is 9.07. The maximum atomic E-state index is 13.9. The summed E-state index contributed by atoms with van der Waals surface area (Å²) in [6, 6.07) is 15.3. The summed E-state index contributed by atoms with van der Waals surface area (Å²) in [7, 11) is 9.20. The van der Waals surface area contributed by atoms with Gasteiger partial charge in [-0.15, -0.1) is 0 Å². The molecule has 10 heteroatoms. The minimum Gasteiger partial charge on any atom is -0.497 e. The molecule has 0 aromatic heterocycles. The van der Waals surface area contributed by atoms with E-state index in [1.165, 1.54) is 28.4 Å². The fourth-order valence-corrected chi connectivity index (χ4v) is 4.99. The van der Waals surface area contributed by atoms with Crippen molar-refractivity contribution < 1.29 is 38.0 Å². The molecule has 40 heavy (non-hydrogen) atoms. The van der Waals surface area contributed by atoms with Gasteiger partial charge in [0.2, 0.25) is 17.6 Å². The number of hydrogen-bond acceptors (Lipinski definition) is 8. The second-order valence-electron chi connectivity index (χ2n) is 9.07. The lowest BCUT2D eigenvalue weighted by molar-refractivity contribution is -0.125. The topological polar surface area (TPSA) is 105 Å². The maximum absolute atomic E-state index is 13.9. The van der Waals surface area contributed by atoms with Crippen molar-refractivity contribution in [2.45, 2.75) is 18.9 Å². The molecule has 4 rings (SSSR count). The van der Waals surface area contributed by atoms with Gasteiger partial charge in [0.25, 0.3) is 0 Å². The van der Waals surface area contributed by atoms with Crippen LogP contribution in [-0.4, -0.2) is 54.5 Å². The van der Waals surface area contributed by atoms with E-state index in [1.54, 1.807) is 49.5 Å². The van der Waals surface area contributed by atoms with Gasteiger partial charge < -0.3 is 38.6 Å². The summed E-state index contributed by atoms with van der Waals surface area (Å²) in [6.07, 6.45) is 0.516. The summed E-state index contributed by atoms with van der Waals surface area (Å²) in [5.74, 6) is 1.92. The summed E-state index contributed by atoms with van der Waals surface area (Å²) < 4.78 is 32.7. The van der Waals surface area contributed by atoms with E-state index in [9.17, 15) is 9.59 Å². The number of carbonyl (C=O) groups is 2. The molecule has 1 N–H and O–H groups in total. The van der Waals surface area contributed by atoms with Crippen molar-refractivity contribution in [3.05, 3.63) is 60.2 Å². The van der Waals surface area contributed by atoms with Gasteiger partial charge in [0.1, 0.15) is 17.2 Å². The minimum atomic E-state index is -0.640. The molecular formula is C30H34N2O8. The molecule has 3 aromatic carbocycles. The first-order valence-corrected chi connectivity index (χ1v) is 12.7. The maximum Gasteiger partial charge on any atom is 0.230 e. The van der Waals surface area contributed by atoms with Crippen LogP contribution in [0.4, 0.5) is 11.4 Å². The van der Waals surface area contributed by atoms with Crippen LogP contribution in [0.25, 0.3) is 0 Å². The molecule has 1 saturated heterocycles. The second kappa shape index (κ2) is 12.5. The number of benzene rings is 3. The molecule has 1 aliphatic rings. The van der Waals surface area contributed by atoms with Crippen LogP contribution < -0.4 is 38.6 Å². The van der Waals surface area contributed by atoms with E-state index in [2.05, 4.69) is 5.32 Å². The number of methoxy groups -OCH3 is 6. The average molecular weight is 551 g/mol. The van der Waals surface area contributed by atoms with Gasteiger partial charge in [-0.3, -0.25) is 9.59 Å². The molecule has 0 aliphatic carbocycles. The molecule has 1 fully saturated rings. The zero-order valence-corrected chi connectivity index (χ0v) is 23.5. The Labute approximate surface area is 233 Å². The van der Waals surface area contributed by atoms with Gasteiger partial charge in [-0.05, 0) is 36.2 Å². The fraction of sp³-hybridized carbons (Fsp3) is 0.333. The van der Waals surface area contributed by atoms with Crippen LogP contribution >= 0.6 is 0 Å². The molecule has 0 spiro atoms. The first-order valence-electron chi connectivity index (χ1n) is 12.7. The Morgan fingerprint density at radius 1 is 0.750 bits per heavy atom. The van der Waals surface area contributed by atoms with Crippen LogP contribution in [-0.2, 0) is 9.59 Å². The normalized spacial score (nSPS) is 16.6. The molecule has 1 heterocycles. The zero-order valence-electron chi connectivity index (χ0n) is 23.5. The van der Waals surface area contributed by atoms with E-state index < -0.39 is 12.0 Å². The van der Waals surface area contributed by atoms with E-state index in [0.29, 0.717) is 52.3 Å². The lowest BCUT2D eigenvalue weighted by atomic mass is 9.83. The molecule has 2 amide bonds.